The molecule has 0 unspecified atom stereocenters. The highest BCUT2D eigenvalue weighted by Gasteiger charge is 2.13. The molecule has 0 amide bonds. The number of hydrogen-bond donors (Lipinski definition) is 3. The second-order valence-electron chi connectivity index (χ2n) is 8.00. The van der Waals surface area contributed by atoms with Gasteiger partial charge >= 0.3 is 0 Å². The number of nitrogens with one attached hydrogen (secondary N) is 2. The van der Waals surface area contributed by atoms with Crippen molar-refractivity contribution in [3.8, 4) is 28.7 Å². The second kappa shape index (κ2) is 11.3. The van der Waals surface area contributed by atoms with Crippen LogP contribution in [0.4, 0.5) is 5.69 Å². The van der Waals surface area contributed by atoms with Crippen molar-refractivity contribution in [1.82, 2.24) is 4.98 Å². The molecule has 4 aromatic rings. The third-order valence-electron chi connectivity index (χ3n) is 5.78. The maximum absolute atomic E-state index is 12.7. The molecule has 0 atom stereocenters. The number of benzene rings is 3. The van der Waals surface area contributed by atoms with E-state index in [9.17, 15) is 9.90 Å². The van der Waals surface area contributed by atoms with Crippen molar-refractivity contribution in [2.24, 2.45) is 0 Å². The Hall–Kier alpha value is -4.85. The molecule has 1 heterocycles. The highest BCUT2D eigenvalue weighted by molar-refractivity contribution is 6.13. The Morgan fingerprint density at radius 1 is 0.865 bits per heavy atom. The van der Waals surface area contributed by atoms with Crippen LogP contribution in [-0.4, -0.2) is 44.3 Å². The topological polar surface area (TPSA) is 102 Å². The van der Waals surface area contributed by atoms with Gasteiger partial charge in [-0.25, -0.2) is 0 Å². The second-order valence-corrected chi connectivity index (χ2v) is 8.00. The van der Waals surface area contributed by atoms with E-state index in [1.165, 1.54) is 19.4 Å². The van der Waals surface area contributed by atoms with Crippen LogP contribution in [0.25, 0.3) is 23.1 Å². The largest absolute Gasteiger partial charge is 0.504 e. The number of allylic oxidation sites excluding steroid dienone is 1. The Bertz CT molecular complexity index is 1460. The standard InChI is InChI=1S/C29H28N2O6/c1-34-26-15-19(16-27(35-2)29(26)37-4)10-9-18-13-23(28(36-3)25(33)14-18)30-12-11-24(32)21-17-31-22-8-6-5-7-20(21)22/h5-17,30-31,33H,1-4H3/b10-9-,12-11-. The van der Waals surface area contributed by atoms with Crippen LogP contribution in [0, 0.1) is 0 Å². The number of carbonyl (C=O) groups is 1. The number of phenols is 1. The fraction of sp³-hybridized carbons (Fsp3) is 0.138. The minimum Gasteiger partial charge on any atom is -0.504 e. The molecule has 0 aliphatic rings. The van der Waals surface area contributed by atoms with Crippen molar-refractivity contribution in [2.45, 2.75) is 0 Å². The highest BCUT2D eigenvalue weighted by Crippen LogP contribution is 2.39. The number of aromatic nitrogens is 1. The molecule has 0 saturated heterocycles. The summed E-state index contributed by atoms with van der Waals surface area (Å²) in [6.07, 6.45) is 8.33. The number of para-hydroxylation sites is 1. The van der Waals surface area contributed by atoms with E-state index in [1.54, 1.807) is 39.7 Å². The first kappa shape index (κ1) is 25.2. The summed E-state index contributed by atoms with van der Waals surface area (Å²) < 4.78 is 21.6. The van der Waals surface area contributed by atoms with Crippen molar-refractivity contribution in [2.75, 3.05) is 33.8 Å². The molecule has 0 spiro atoms. The van der Waals surface area contributed by atoms with Gasteiger partial charge in [-0.15, -0.1) is 0 Å². The van der Waals surface area contributed by atoms with E-state index >= 15 is 0 Å². The molecule has 0 bridgehead atoms. The van der Waals surface area contributed by atoms with Crippen LogP contribution in [0.3, 0.4) is 0 Å². The number of methoxy groups -OCH3 is 4. The fourth-order valence-electron chi connectivity index (χ4n) is 4.02. The molecule has 0 fully saturated rings. The molecular weight excluding hydrogens is 472 g/mol. The summed E-state index contributed by atoms with van der Waals surface area (Å²) in [6, 6.07) is 14.6. The van der Waals surface area contributed by atoms with Crippen LogP contribution < -0.4 is 24.3 Å². The number of anilines is 1. The maximum atomic E-state index is 12.7. The summed E-state index contributed by atoms with van der Waals surface area (Å²) in [7, 11) is 6.13. The van der Waals surface area contributed by atoms with Gasteiger partial charge in [0.1, 0.15) is 0 Å². The van der Waals surface area contributed by atoms with Gasteiger partial charge in [-0.2, -0.15) is 0 Å². The molecule has 8 heteroatoms. The molecule has 1 aromatic heterocycles. The third kappa shape index (κ3) is 5.38. The summed E-state index contributed by atoms with van der Waals surface area (Å²) in [6.45, 7) is 0. The molecule has 0 aliphatic heterocycles. The van der Waals surface area contributed by atoms with Gasteiger partial charge in [-0.05, 0) is 41.5 Å². The molecule has 4 rings (SSSR count). The van der Waals surface area contributed by atoms with E-state index < -0.39 is 0 Å². The van der Waals surface area contributed by atoms with Gasteiger partial charge in [-0.1, -0.05) is 30.4 Å². The smallest absolute Gasteiger partial charge is 0.203 e. The van der Waals surface area contributed by atoms with Crippen molar-refractivity contribution < 1.29 is 28.8 Å². The lowest BCUT2D eigenvalue weighted by Gasteiger charge is -2.13. The lowest BCUT2D eigenvalue weighted by molar-refractivity contribution is 0.104. The number of rotatable bonds is 10. The van der Waals surface area contributed by atoms with Gasteiger partial charge in [0.05, 0.1) is 34.1 Å². The number of hydrogen-bond acceptors (Lipinski definition) is 7. The van der Waals surface area contributed by atoms with E-state index in [-0.39, 0.29) is 17.3 Å². The van der Waals surface area contributed by atoms with Gasteiger partial charge < -0.3 is 34.4 Å². The first-order chi connectivity index (χ1) is 18.0. The molecule has 0 aliphatic carbocycles. The average molecular weight is 501 g/mol. The number of ether oxygens (including phenoxy) is 4. The Morgan fingerprint density at radius 3 is 2.16 bits per heavy atom. The SMILES string of the molecule is COc1cc(/C=C\c2cc(O)c(OC)c(N/C=C\C(=O)c3c[nH]c4ccccc34)c2)cc(OC)c1OC. The van der Waals surface area contributed by atoms with Gasteiger partial charge in [0.15, 0.2) is 28.8 Å². The van der Waals surface area contributed by atoms with Crippen LogP contribution >= 0.6 is 0 Å². The maximum Gasteiger partial charge on any atom is 0.203 e. The molecular formula is C29H28N2O6. The molecule has 0 saturated carbocycles. The van der Waals surface area contributed by atoms with Crippen molar-refractivity contribution in [1.29, 1.82) is 0 Å². The van der Waals surface area contributed by atoms with Crippen molar-refractivity contribution >= 4 is 34.5 Å². The van der Waals surface area contributed by atoms with Gasteiger partial charge in [-0.3, -0.25) is 4.79 Å². The van der Waals surface area contributed by atoms with Crippen LogP contribution in [0.1, 0.15) is 21.5 Å². The number of aromatic hydroxyl groups is 1. The molecule has 8 nitrogen and oxygen atoms in total. The summed E-state index contributed by atoms with van der Waals surface area (Å²) in [5, 5.41) is 14.4. The van der Waals surface area contributed by atoms with Crippen molar-refractivity contribution in [3.05, 3.63) is 83.7 Å². The summed E-state index contributed by atoms with van der Waals surface area (Å²) >= 11 is 0. The van der Waals surface area contributed by atoms with E-state index in [4.69, 9.17) is 18.9 Å². The number of aromatic amines is 1. The van der Waals surface area contributed by atoms with E-state index in [0.717, 1.165) is 16.5 Å². The van der Waals surface area contributed by atoms with Gasteiger partial charge in [0.2, 0.25) is 5.75 Å². The monoisotopic (exact) mass is 500 g/mol. The lowest BCUT2D eigenvalue weighted by atomic mass is 10.1. The average Bonchev–Trinajstić information content (AvgIpc) is 3.35. The first-order valence-corrected chi connectivity index (χ1v) is 11.4. The predicted octanol–water partition coefficient (Wildman–Crippen LogP) is 5.89. The zero-order valence-electron chi connectivity index (χ0n) is 21.0. The Morgan fingerprint density at radius 2 is 1.51 bits per heavy atom. The zero-order valence-corrected chi connectivity index (χ0v) is 21.0. The quantitative estimate of drug-likeness (QED) is 0.142. The fourth-order valence-corrected chi connectivity index (χ4v) is 4.02. The van der Waals surface area contributed by atoms with E-state index in [1.807, 2.05) is 48.6 Å². The Labute approximate surface area is 214 Å². The summed E-state index contributed by atoms with van der Waals surface area (Å²) in [4.78, 5) is 15.8. The number of carbonyl (C=O) groups excluding carboxylic acids is 1. The number of phenolic OH excluding ortho intramolecular Hbond substituents is 1. The molecule has 3 aromatic carbocycles. The minimum atomic E-state index is -0.161. The number of ketones is 1. The number of fused-ring (bicyclic) bond motifs is 1. The highest BCUT2D eigenvalue weighted by atomic mass is 16.5. The van der Waals surface area contributed by atoms with Crippen LogP contribution in [0.15, 0.2) is 67.0 Å². The van der Waals surface area contributed by atoms with E-state index in [0.29, 0.717) is 34.1 Å². The Balaban J connectivity index is 1.57. The normalized spacial score (nSPS) is 11.2. The Kier molecular flexibility index (Phi) is 7.68. The van der Waals surface area contributed by atoms with Crippen molar-refractivity contribution in [3.63, 3.8) is 0 Å². The van der Waals surface area contributed by atoms with Crippen LogP contribution in [0.5, 0.6) is 28.7 Å². The first-order valence-electron chi connectivity index (χ1n) is 11.4. The predicted molar refractivity (Wildman–Crippen MR) is 145 cm³/mol. The molecule has 3 N–H and O–H groups in total. The lowest BCUT2D eigenvalue weighted by Crippen LogP contribution is -1.98. The minimum absolute atomic E-state index is 0.0478. The summed E-state index contributed by atoms with van der Waals surface area (Å²) in [5.74, 6) is 1.62. The number of H-pyrrole nitrogens is 1. The van der Waals surface area contributed by atoms with Gasteiger partial charge in [0, 0.05) is 34.9 Å². The molecule has 190 valence electrons. The summed E-state index contributed by atoms with van der Waals surface area (Å²) in [5.41, 5.74) is 3.47. The van der Waals surface area contributed by atoms with E-state index in [2.05, 4.69) is 10.3 Å². The molecule has 0 radical (unpaired) electrons. The third-order valence-corrected chi connectivity index (χ3v) is 5.78. The van der Waals surface area contributed by atoms with Crippen LogP contribution in [0.2, 0.25) is 0 Å². The van der Waals surface area contributed by atoms with Crippen LogP contribution in [-0.2, 0) is 0 Å². The van der Waals surface area contributed by atoms with Gasteiger partial charge in [0.25, 0.3) is 0 Å². The zero-order chi connectivity index (χ0) is 26.4. The molecule has 37 heavy (non-hydrogen) atoms.